The van der Waals surface area contributed by atoms with Gasteiger partial charge in [0.1, 0.15) is 0 Å². The molecule has 0 aromatic heterocycles. The quantitative estimate of drug-likeness (QED) is 0.773. The van der Waals surface area contributed by atoms with Gasteiger partial charge in [-0.3, -0.25) is 4.90 Å². The monoisotopic (exact) mass is 248 g/mol. The Morgan fingerprint density at radius 1 is 1.17 bits per heavy atom. The van der Waals surface area contributed by atoms with Gasteiger partial charge in [0.05, 0.1) is 0 Å². The molecule has 0 aromatic carbocycles. The molecule has 0 aliphatic carbocycles. The van der Waals surface area contributed by atoms with Crippen LogP contribution in [0.5, 0.6) is 0 Å². The summed E-state index contributed by atoms with van der Waals surface area (Å²) in [5, 5.41) is 3.65. The van der Waals surface area contributed by atoms with Crippen molar-refractivity contribution in [3.63, 3.8) is 0 Å². The molecule has 2 heterocycles. The van der Waals surface area contributed by atoms with Gasteiger partial charge in [-0.1, -0.05) is 44.6 Å². The van der Waals surface area contributed by atoms with E-state index in [1.807, 2.05) is 0 Å². The van der Waals surface area contributed by atoms with Crippen molar-refractivity contribution < 1.29 is 0 Å². The zero-order valence-electron chi connectivity index (χ0n) is 12.6. The Hall–Kier alpha value is -0.600. The van der Waals surface area contributed by atoms with Gasteiger partial charge in [0.25, 0.3) is 0 Å². The lowest BCUT2D eigenvalue weighted by atomic mass is 9.86. The first-order chi connectivity index (χ1) is 8.29. The molecule has 1 N–H and O–H groups in total. The van der Waals surface area contributed by atoms with Crippen LogP contribution in [0.25, 0.3) is 0 Å². The average molecular weight is 248 g/mol. The summed E-state index contributed by atoms with van der Waals surface area (Å²) < 4.78 is 0. The number of nitrogens with one attached hydrogen (secondary N) is 1. The van der Waals surface area contributed by atoms with Crippen LogP contribution in [-0.2, 0) is 0 Å². The second-order valence-electron chi connectivity index (χ2n) is 7.32. The highest BCUT2D eigenvalue weighted by Gasteiger charge is 2.32. The molecule has 2 aliphatic rings. The van der Waals surface area contributed by atoms with Crippen molar-refractivity contribution in [2.24, 2.45) is 5.41 Å². The van der Waals surface area contributed by atoms with Crippen LogP contribution >= 0.6 is 0 Å². The molecule has 2 aliphatic heterocycles. The Morgan fingerprint density at radius 3 is 2.28 bits per heavy atom. The molecule has 2 rings (SSSR count). The predicted octanol–water partition coefficient (Wildman–Crippen LogP) is 2.97. The molecule has 2 nitrogen and oxygen atoms in total. The first-order valence-electron chi connectivity index (χ1n) is 7.14. The van der Waals surface area contributed by atoms with Gasteiger partial charge >= 0.3 is 0 Å². The lowest BCUT2D eigenvalue weighted by Gasteiger charge is -2.37. The second kappa shape index (κ2) is 4.82. The smallest absolute Gasteiger partial charge is 0.0273 e. The summed E-state index contributed by atoms with van der Waals surface area (Å²) in [6.07, 6.45) is 8.21. The van der Waals surface area contributed by atoms with Crippen LogP contribution in [0.3, 0.4) is 0 Å². The fourth-order valence-corrected chi connectivity index (χ4v) is 2.89. The normalized spacial score (nSPS) is 25.8. The third-order valence-corrected chi connectivity index (χ3v) is 4.31. The average Bonchev–Trinajstić information content (AvgIpc) is 2.83. The molecule has 18 heavy (non-hydrogen) atoms. The summed E-state index contributed by atoms with van der Waals surface area (Å²) in [7, 11) is 0. The second-order valence-corrected chi connectivity index (χ2v) is 7.32. The van der Waals surface area contributed by atoms with E-state index in [0.717, 1.165) is 19.6 Å². The van der Waals surface area contributed by atoms with Gasteiger partial charge in [0, 0.05) is 31.2 Å². The van der Waals surface area contributed by atoms with E-state index in [1.54, 1.807) is 5.57 Å². The van der Waals surface area contributed by atoms with Crippen molar-refractivity contribution in [3.05, 3.63) is 23.8 Å². The molecule has 102 valence electrons. The third-order valence-electron chi connectivity index (χ3n) is 4.31. The standard InChI is InChI=1S/C16H28N2/c1-15(2,3)13-10-14(17-12-13)11-16(4,5)18-8-6-7-9-18/h6-7,10,14,17H,8-9,11-12H2,1-5H3. The third kappa shape index (κ3) is 3.04. The van der Waals surface area contributed by atoms with E-state index in [0.29, 0.717) is 11.5 Å². The van der Waals surface area contributed by atoms with Crippen molar-refractivity contribution in [2.45, 2.75) is 52.6 Å². The van der Waals surface area contributed by atoms with Gasteiger partial charge in [0.2, 0.25) is 0 Å². The molecule has 0 amide bonds. The highest BCUT2D eigenvalue weighted by Crippen LogP contribution is 2.31. The lowest BCUT2D eigenvalue weighted by molar-refractivity contribution is 0.144. The van der Waals surface area contributed by atoms with Crippen molar-refractivity contribution in [1.82, 2.24) is 10.2 Å². The molecule has 0 saturated heterocycles. The van der Waals surface area contributed by atoms with Gasteiger partial charge in [-0.05, 0) is 25.7 Å². The molecule has 1 atom stereocenters. The highest BCUT2D eigenvalue weighted by atomic mass is 15.2. The van der Waals surface area contributed by atoms with Crippen LogP contribution in [0, 0.1) is 5.41 Å². The number of hydrogen-bond donors (Lipinski definition) is 1. The summed E-state index contributed by atoms with van der Waals surface area (Å²) in [6.45, 7) is 14.9. The lowest BCUT2D eigenvalue weighted by Crippen LogP contribution is -2.46. The minimum absolute atomic E-state index is 0.269. The molecule has 2 heteroatoms. The summed E-state index contributed by atoms with van der Waals surface area (Å²) in [5.74, 6) is 0. The Bertz CT molecular complexity index is 350. The summed E-state index contributed by atoms with van der Waals surface area (Å²) >= 11 is 0. The molecule has 0 spiro atoms. The van der Waals surface area contributed by atoms with Gasteiger partial charge in [-0.2, -0.15) is 0 Å². The Balaban J connectivity index is 1.96. The maximum atomic E-state index is 3.65. The van der Waals surface area contributed by atoms with Crippen molar-refractivity contribution in [2.75, 3.05) is 19.6 Å². The van der Waals surface area contributed by atoms with Crippen molar-refractivity contribution >= 4 is 0 Å². The highest BCUT2D eigenvalue weighted by molar-refractivity contribution is 5.22. The van der Waals surface area contributed by atoms with Crippen LogP contribution < -0.4 is 5.32 Å². The van der Waals surface area contributed by atoms with Crippen LogP contribution in [0.2, 0.25) is 0 Å². The molecule has 1 unspecified atom stereocenters. The van der Waals surface area contributed by atoms with E-state index in [4.69, 9.17) is 0 Å². The number of rotatable bonds is 3. The summed E-state index contributed by atoms with van der Waals surface area (Å²) in [5.41, 5.74) is 2.13. The van der Waals surface area contributed by atoms with Gasteiger partial charge in [-0.15, -0.1) is 0 Å². The topological polar surface area (TPSA) is 15.3 Å². The van der Waals surface area contributed by atoms with E-state index >= 15 is 0 Å². The number of hydrogen-bond acceptors (Lipinski definition) is 2. The number of nitrogens with zero attached hydrogens (tertiary/aromatic N) is 1. The zero-order valence-corrected chi connectivity index (χ0v) is 12.6. The summed E-state index contributed by atoms with van der Waals surface area (Å²) in [4.78, 5) is 2.55. The summed E-state index contributed by atoms with van der Waals surface area (Å²) in [6, 6.07) is 0.537. The molecule has 0 aromatic rings. The van der Waals surface area contributed by atoms with Crippen molar-refractivity contribution in [3.8, 4) is 0 Å². The minimum Gasteiger partial charge on any atom is -0.307 e. The molecular formula is C16H28N2. The maximum Gasteiger partial charge on any atom is 0.0273 e. The Morgan fingerprint density at radius 2 is 1.78 bits per heavy atom. The predicted molar refractivity (Wildman–Crippen MR) is 78.7 cm³/mol. The largest absolute Gasteiger partial charge is 0.307 e. The van der Waals surface area contributed by atoms with Gasteiger partial charge in [0.15, 0.2) is 0 Å². The molecule has 0 fully saturated rings. The first kappa shape index (κ1) is 13.8. The SMILES string of the molecule is CC(C)(C)C1=CC(CC(C)(C)N2CC=CC2)NC1. The van der Waals surface area contributed by atoms with Gasteiger partial charge in [-0.25, -0.2) is 0 Å². The minimum atomic E-state index is 0.269. The molecule has 0 saturated carbocycles. The molecule has 0 bridgehead atoms. The van der Waals surface area contributed by atoms with E-state index in [1.165, 1.54) is 6.42 Å². The van der Waals surface area contributed by atoms with Crippen LogP contribution in [-0.4, -0.2) is 36.1 Å². The Kier molecular flexibility index (Phi) is 3.70. The Labute approximate surface area is 112 Å². The fourth-order valence-electron chi connectivity index (χ4n) is 2.89. The van der Waals surface area contributed by atoms with E-state index < -0.39 is 0 Å². The van der Waals surface area contributed by atoms with E-state index in [2.05, 4.69) is 63.1 Å². The molecular weight excluding hydrogens is 220 g/mol. The van der Waals surface area contributed by atoms with E-state index in [9.17, 15) is 0 Å². The van der Waals surface area contributed by atoms with Crippen LogP contribution in [0.4, 0.5) is 0 Å². The van der Waals surface area contributed by atoms with Crippen LogP contribution in [0.1, 0.15) is 41.0 Å². The van der Waals surface area contributed by atoms with E-state index in [-0.39, 0.29) is 5.54 Å². The first-order valence-corrected chi connectivity index (χ1v) is 7.14. The van der Waals surface area contributed by atoms with Crippen molar-refractivity contribution in [1.29, 1.82) is 0 Å². The maximum absolute atomic E-state index is 3.65. The van der Waals surface area contributed by atoms with Crippen LogP contribution in [0.15, 0.2) is 23.8 Å². The fraction of sp³-hybridized carbons (Fsp3) is 0.750. The zero-order chi connectivity index (χ0) is 13.4. The van der Waals surface area contributed by atoms with Gasteiger partial charge < -0.3 is 5.32 Å². The molecule has 0 radical (unpaired) electrons.